The highest BCUT2D eigenvalue weighted by Crippen LogP contribution is 2.19. The number of carbonyl (C=O) groups excluding carboxylic acids is 3. The van der Waals surface area contributed by atoms with E-state index in [-0.39, 0.29) is 6.61 Å². The predicted molar refractivity (Wildman–Crippen MR) is 95.8 cm³/mol. The Bertz CT molecular complexity index is 517. The van der Waals surface area contributed by atoms with Crippen LogP contribution in [-0.2, 0) is 28.7 Å². The molecule has 0 spiro atoms. The molecule has 2 unspecified atom stereocenters. The summed E-state index contributed by atoms with van der Waals surface area (Å²) in [7, 11) is 0. The lowest BCUT2D eigenvalue weighted by molar-refractivity contribution is -0.176. The number of carboxylic acids is 1. The third kappa shape index (κ3) is 8.49. The van der Waals surface area contributed by atoms with Crippen LogP contribution in [0, 0.1) is 0 Å². The number of rotatable bonds is 13. The van der Waals surface area contributed by atoms with Crippen molar-refractivity contribution in [1.82, 2.24) is 4.90 Å². The number of aliphatic carboxylic acids is 1. The lowest BCUT2D eigenvalue weighted by Gasteiger charge is -2.28. The number of ether oxygens (including phenoxy) is 2. The van der Waals surface area contributed by atoms with Crippen molar-refractivity contribution in [3.63, 3.8) is 0 Å². The quantitative estimate of drug-likeness (QED) is 0.351. The molecule has 0 amide bonds. The number of aliphatic hydroxyl groups is 1. The standard InChI is InChI=1S/C18H31NO8/c1-5-9-10-13(19(6-2)7-3)16(22)27-15(21)12-18(25,17(23)24)11-14(20)26-8-4/h13,25H,5-12H2,1-4H3,(H,23,24). The second-order valence-electron chi connectivity index (χ2n) is 6.17. The molecular weight excluding hydrogens is 358 g/mol. The first-order chi connectivity index (χ1) is 12.6. The predicted octanol–water partition coefficient (Wildman–Crippen LogP) is 1.12. The first-order valence-electron chi connectivity index (χ1n) is 9.24. The van der Waals surface area contributed by atoms with Crippen molar-refractivity contribution in [2.24, 2.45) is 0 Å². The van der Waals surface area contributed by atoms with Gasteiger partial charge in [-0.25, -0.2) is 9.59 Å². The van der Waals surface area contributed by atoms with Crippen molar-refractivity contribution < 1.29 is 38.9 Å². The number of hydrogen-bond donors (Lipinski definition) is 2. The molecule has 0 fully saturated rings. The Morgan fingerprint density at radius 2 is 1.56 bits per heavy atom. The zero-order valence-electron chi connectivity index (χ0n) is 16.5. The highest BCUT2D eigenvalue weighted by molar-refractivity contribution is 5.93. The number of esters is 3. The summed E-state index contributed by atoms with van der Waals surface area (Å²) in [5, 5.41) is 19.3. The van der Waals surface area contributed by atoms with E-state index < -0.39 is 48.4 Å². The molecule has 156 valence electrons. The van der Waals surface area contributed by atoms with Gasteiger partial charge in [0.05, 0.1) is 19.4 Å². The van der Waals surface area contributed by atoms with Gasteiger partial charge in [0.25, 0.3) is 0 Å². The summed E-state index contributed by atoms with van der Waals surface area (Å²) in [6.07, 6.45) is 0.153. The van der Waals surface area contributed by atoms with Gasteiger partial charge in [-0.15, -0.1) is 0 Å². The minimum atomic E-state index is -2.70. The van der Waals surface area contributed by atoms with Crippen LogP contribution in [-0.4, -0.2) is 70.3 Å². The lowest BCUT2D eigenvalue weighted by atomic mass is 9.96. The molecule has 0 aliphatic heterocycles. The van der Waals surface area contributed by atoms with Crippen LogP contribution >= 0.6 is 0 Å². The summed E-state index contributed by atoms with van der Waals surface area (Å²) >= 11 is 0. The molecule has 0 aliphatic carbocycles. The van der Waals surface area contributed by atoms with Gasteiger partial charge in [0.2, 0.25) is 0 Å². The molecule has 0 aliphatic rings. The van der Waals surface area contributed by atoms with Crippen molar-refractivity contribution >= 4 is 23.9 Å². The Morgan fingerprint density at radius 3 is 2.00 bits per heavy atom. The zero-order chi connectivity index (χ0) is 21.0. The second kappa shape index (κ2) is 12.4. The van der Waals surface area contributed by atoms with E-state index in [0.717, 1.165) is 12.8 Å². The molecule has 0 aromatic carbocycles. The number of unbranched alkanes of at least 4 members (excludes halogenated alkanes) is 1. The van der Waals surface area contributed by atoms with Gasteiger partial charge in [-0.1, -0.05) is 33.6 Å². The van der Waals surface area contributed by atoms with E-state index in [1.165, 1.54) is 6.92 Å². The van der Waals surface area contributed by atoms with Crippen LogP contribution in [0.2, 0.25) is 0 Å². The van der Waals surface area contributed by atoms with Gasteiger partial charge in [-0.05, 0) is 26.4 Å². The smallest absolute Gasteiger partial charge is 0.336 e. The molecule has 0 rings (SSSR count). The molecule has 0 saturated carbocycles. The molecular formula is C18H31NO8. The molecule has 9 heteroatoms. The Labute approximate surface area is 159 Å². The van der Waals surface area contributed by atoms with Crippen LogP contribution in [0.4, 0.5) is 0 Å². The molecule has 27 heavy (non-hydrogen) atoms. The maximum Gasteiger partial charge on any atom is 0.336 e. The second-order valence-corrected chi connectivity index (χ2v) is 6.17. The van der Waals surface area contributed by atoms with Crippen molar-refractivity contribution in [3.05, 3.63) is 0 Å². The van der Waals surface area contributed by atoms with Crippen LogP contribution in [0.5, 0.6) is 0 Å². The maximum absolute atomic E-state index is 12.4. The summed E-state index contributed by atoms with van der Waals surface area (Å²) in [6.45, 7) is 8.40. The first-order valence-corrected chi connectivity index (χ1v) is 9.24. The topological polar surface area (TPSA) is 130 Å². The SMILES string of the molecule is CCCCC(C(=O)OC(=O)CC(O)(CC(=O)OCC)C(=O)O)N(CC)CC. The molecule has 0 heterocycles. The summed E-state index contributed by atoms with van der Waals surface area (Å²) in [4.78, 5) is 49.1. The van der Waals surface area contributed by atoms with Gasteiger partial charge in [-0.3, -0.25) is 14.5 Å². The fraction of sp³-hybridized carbons (Fsp3) is 0.778. The van der Waals surface area contributed by atoms with Crippen molar-refractivity contribution in [2.45, 2.75) is 71.4 Å². The van der Waals surface area contributed by atoms with E-state index >= 15 is 0 Å². The number of carboxylic acid groups (broad SMARTS) is 1. The third-order valence-corrected chi connectivity index (χ3v) is 4.15. The minimum absolute atomic E-state index is 0.000440. The van der Waals surface area contributed by atoms with Crippen LogP contribution in [0.3, 0.4) is 0 Å². The molecule has 0 radical (unpaired) electrons. The Balaban J connectivity index is 5.10. The summed E-state index contributed by atoms with van der Waals surface area (Å²) in [5.41, 5.74) is -2.70. The van der Waals surface area contributed by atoms with Gasteiger partial charge in [0.15, 0.2) is 5.60 Å². The number of hydrogen-bond acceptors (Lipinski definition) is 8. The van der Waals surface area contributed by atoms with Crippen LogP contribution in [0.25, 0.3) is 0 Å². The molecule has 0 bridgehead atoms. The van der Waals surface area contributed by atoms with E-state index in [9.17, 15) is 24.3 Å². The molecule has 0 aromatic rings. The van der Waals surface area contributed by atoms with Gasteiger partial charge in [0, 0.05) is 0 Å². The molecule has 0 saturated heterocycles. The van der Waals surface area contributed by atoms with E-state index in [0.29, 0.717) is 19.5 Å². The first kappa shape index (κ1) is 25.0. The van der Waals surface area contributed by atoms with E-state index in [2.05, 4.69) is 4.74 Å². The van der Waals surface area contributed by atoms with Crippen LogP contribution in [0.15, 0.2) is 0 Å². The van der Waals surface area contributed by atoms with Gasteiger partial charge in [0.1, 0.15) is 6.04 Å². The van der Waals surface area contributed by atoms with E-state index in [4.69, 9.17) is 9.84 Å². The van der Waals surface area contributed by atoms with Crippen LogP contribution in [0.1, 0.15) is 59.8 Å². The lowest BCUT2D eigenvalue weighted by Crippen LogP contribution is -2.46. The Hall–Kier alpha value is -2.00. The molecule has 2 atom stereocenters. The van der Waals surface area contributed by atoms with Gasteiger partial charge < -0.3 is 19.7 Å². The van der Waals surface area contributed by atoms with E-state index in [1.807, 2.05) is 25.7 Å². The summed E-state index contributed by atoms with van der Waals surface area (Å²) in [6, 6.07) is -0.633. The average Bonchev–Trinajstić information content (AvgIpc) is 2.58. The monoisotopic (exact) mass is 389 g/mol. The fourth-order valence-electron chi connectivity index (χ4n) is 2.63. The molecule has 0 aromatic heterocycles. The summed E-state index contributed by atoms with van der Waals surface area (Å²) < 4.78 is 9.39. The highest BCUT2D eigenvalue weighted by atomic mass is 16.6. The normalized spacial score (nSPS) is 14.3. The van der Waals surface area contributed by atoms with Crippen molar-refractivity contribution in [3.8, 4) is 0 Å². The number of carbonyl (C=O) groups is 4. The highest BCUT2D eigenvalue weighted by Gasteiger charge is 2.42. The van der Waals surface area contributed by atoms with Crippen molar-refractivity contribution in [2.75, 3.05) is 19.7 Å². The zero-order valence-corrected chi connectivity index (χ0v) is 16.5. The molecule has 9 nitrogen and oxygen atoms in total. The minimum Gasteiger partial charge on any atom is -0.479 e. The molecule has 2 N–H and O–H groups in total. The third-order valence-electron chi connectivity index (χ3n) is 4.15. The Morgan fingerprint density at radius 1 is 1.00 bits per heavy atom. The van der Waals surface area contributed by atoms with Crippen LogP contribution < -0.4 is 0 Å². The number of likely N-dealkylation sites (N-methyl/N-ethyl adjacent to an activating group) is 1. The maximum atomic E-state index is 12.4. The fourth-order valence-corrected chi connectivity index (χ4v) is 2.63. The largest absolute Gasteiger partial charge is 0.479 e. The number of nitrogens with zero attached hydrogens (tertiary/aromatic N) is 1. The van der Waals surface area contributed by atoms with E-state index in [1.54, 1.807) is 0 Å². The van der Waals surface area contributed by atoms with Crippen molar-refractivity contribution in [1.29, 1.82) is 0 Å². The Kier molecular flexibility index (Phi) is 11.5. The van der Waals surface area contributed by atoms with Gasteiger partial charge >= 0.3 is 23.9 Å². The average molecular weight is 389 g/mol. The van der Waals surface area contributed by atoms with Gasteiger partial charge in [-0.2, -0.15) is 0 Å². The summed E-state index contributed by atoms with van der Waals surface area (Å²) in [5.74, 6) is -4.74.